The van der Waals surface area contributed by atoms with Crippen molar-refractivity contribution in [1.82, 2.24) is 4.98 Å². The lowest BCUT2D eigenvalue weighted by Crippen LogP contribution is -2.35. The number of hydrogen-bond acceptors (Lipinski definition) is 3. The monoisotopic (exact) mass is 296 g/mol. The van der Waals surface area contributed by atoms with Gasteiger partial charge in [0.2, 0.25) is 0 Å². The van der Waals surface area contributed by atoms with Gasteiger partial charge in [-0.25, -0.2) is 9.78 Å². The summed E-state index contributed by atoms with van der Waals surface area (Å²) in [6.07, 6.45) is 6.18. The summed E-state index contributed by atoms with van der Waals surface area (Å²) < 4.78 is 0. The van der Waals surface area contributed by atoms with Crippen LogP contribution >= 0.6 is 11.6 Å². The van der Waals surface area contributed by atoms with Gasteiger partial charge in [0.15, 0.2) is 0 Å². The highest BCUT2D eigenvalue weighted by Gasteiger charge is 2.28. The van der Waals surface area contributed by atoms with E-state index < -0.39 is 5.97 Å². The van der Waals surface area contributed by atoms with Crippen molar-refractivity contribution < 1.29 is 9.90 Å². The highest BCUT2D eigenvalue weighted by Crippen LogP contribution is 2.33. The zero-order valence-electron chi connectivity index (χ0n) is 11.9. The standard InChI is InChI=1S/C15H21ClN2O2/c1-9(2)11-5-3-4-6-13(11)18-14-12(16)7-10(8-17-14)15(19)20/h7-9,11,13H,3-6H2,1-2H3,(H,17,18)(H,19,20). The smallest absolute Gasteiger partial charge is 0.337 e. The third-order valence-corrected chi connectivity index (χ3v) is 4.37. The molecule has 0 amide bonds. The van der Waals surface area contributed by atoms with Crippen LogP contribution in [-0.4, -0.2) is 22.1 Å². The second-order valence-corrected chi connectivity index (χ2v) is 6.21. The molecule has 2 unspecified atom stereocenters. The number of aromatic carboxylic acids is 1. The Kier molecular flexibility index (Phi) is 4.86. The lowest BCUT2D eigenvalue weighted by atomic mass is 9.78. The molecule has 0 saturated heterocycles. The first-order chi connectivity index (χ1) is 9.49. The molecule has 110 valence electrons. The molecule has 1 aliphatic carbocycles. The Morgan fingerprint density at radius 1 is 1.45 bits per heavy atom. The van der Waals surface area contributed by atoms with Gasteiger partial charge >= 0.3 is 5.97 Å². The van der Waals surface area contributed by atoms with Crippen LogP contribution in [0.5, 0.6) is 0 Å². The molecule has 0 radical (unpaired) electrons. The molecule has 0 aliphatic heterocycles. The quantitative estimate of drug-likeness (QED) is 0.879. The van der Waals surface area contributed by atoms with E-state index in [-0.39, 0.29) is 5.56 Å². The average molecular weight is 297 g/mol. The predicted octanol–water partition coefficient (Wildman–Crippen LogP) is 4.06. The summed E-state index contributed by atoms with van der Waals surface area (Å²) in [7, 11) is 0. The van der Waals surface area contributed by atoms with Crippen molar-refractivity contribution in [3.63, 3.8) is 0 Å². The summed E-state index contributed by atoms with van der Waals surface area (Å²) in [5, 5.41) is 12.7. The van der Waals surface area contributed by atoms with Crippen LogP contribution in [0.2, 0.25) is 5.02 Å². The molecule has 1 aliphatic rings. The fourth-order valence-electron chi connectivity index (χ4n) is 2.97. The summed E-state index contributed by atoms with van der Waals surface area (Å²) >= 11 is 6.13. The van der Waals surface area contributed by atoms with E-state index in [2.05, 4.69) is 24.1 Å². The van der Waals surface area contributed by atoms with Crippen LogP contribution in [-0.2, 0) is 0 Å². The Morgan fingerprint density at radius 3 is 2.75 bits per heavy atom. The van der Waals surface area contributed by atoms with Gasteiger partial charge in [-0.3, -0.25) is 0 Å². The minimum absolute atomic E-state index is 0.115. The SMILES string of the molecule is CC(C)C1CCCCC1Nc1ncc(C(=O)O)cc1Cl. The number of nitrogens with one attached hydrogen (secondary N) is 1. The van der Waals surface area contributed by atoms with Gasteiger partial charge < -0.3 is 10.4 Å². The number of hydrogen-bond donors (Lipinski definition) is 2. The van der Waals surface area contributed by atoms with E-state index in [0.29, 0.717) is 28.7 Å². The van der Waals surface area contributed by atoms with Crippen LogP contribution in [0.4, 0.5) is 5.82 Å². The van der Waals surface area contributed by atoms with Gasteiger partial charge in [-0.05, 0) is 30.7 Å². The summed E-state index contributed by atoms with van der Waals surface area (Å²) in [4.78, 5) is 15.0. The van der Waals surface area contributed by atoms with E-state index in [1.165, 1.54) is 31.5 Å². The molecule has 1 fully saturated rings. The van der Waals surface area contributed by atoms with Crippen molar-refractivity contribution in [2.24, 2.45) is 11.8 Å². The average Bonchev–Trinajstić information content (AvgIpc) is 2.41. The van der Waals surface area contributed by atoms with Crippen LogP contribution in [0, 0.1) is 11.8 Å². The number of carboxylic acids is 1. The summed E-state index contributed by atoms with van der Waals surface area (Å²) in [5.74, 6) is 0.809. The van der Waals surface area contributed by atoms with Crippen molar-refractivity contribution in [3.05, 3.63) is 22.8 Å². The van der Waals surface area contributed by atoms with E-state index in [9.17, 15) is 4.79 Å². The molecule has 0 spiro atoms. The van der Waals surface area contributed by atoms with Gasteiger partial charge in [0.1, 0.15) is 5.82 Å². The maximum atomic E-state index is 10.9. The summed E-state index contributed by atoms with van der Waals surface area (Å²) in [6.45, 7) is 4.49. The molecule has 2 N–H and O–H groups in total. The Bertz CT molecular complexity index is 491. The second kappa shape index (κ2) is 6.44. The largest absolute Gasteiger partial charge is 0.478 e. The minimum Gasteiger partial charge on any atom is -0.478 e. The van der Waals surface area contributed by atoms with E-state index in [4.69, 9.17) is 16.7 Å². The molecule has 20 heavy (non-hydrogen) atoms. The topological polar surface area (TPSA) is 62.2 Å². The molecule has 2 atom stereocenters. The van der Waals surface area contributed by atoms with Crippen LogP contribution in [0.15, 0.2) is 12.3 Å². The second-order valence-electron chi connectivity index (χ2n) is 5.80. The van der Waals surface area contributed by atoms with Gasteiger partial charge in [-0.2, -0.15) is 0 Å². The van der Waals surface area contributed by atoms with Gasteiger partial charge in [0.05, 0.1) is 10.6 Å². The molecule has 5 heteroatoms. The first-order valence-electron chi connectivity index (χ1n) is 7.14. The lowest BCUT2D eigenvalue weighted by molar-refractivity contribution is 0.0696. The molecular weight excluding hydrogens is 276 g/mol. The molecule has 1 aromatic rings. The van der Waals surface area contributed by atoms with Crippen molar-refractivity contribution in [2.75, 3.05) is 5.32 Å². The van der Waals surface area contributed by atoms with Crippen LogP contribution in [0.1, 0.15) is 49.9 Å². The van der Waals surface area contributed by atoms with E-state index in [0.717, 1.165) is 6.42 Å². The lowest BCUT2D eigenvalue weighted by Gasteiger charge is -2.35. The molecule has 1 heterocycles. The number of aromatic nitrogens is 1. The van der Waals surface area contributed by atoms with Crippen molar-refractivity contribution in [2.45, 2.75) is 45.6 Å². The zero-order valence-corrected chi connectivity index (χ0v) is 12.7. The Labute approximate surface area is 124 Å². The number of nitrogens with zero attached hydrogens (tertiary/aromatic N) is 1. The zero-order chi connectivity index (χ0) is 14.7. The molecule has 0 aromatic carbocycles. The summed E-state index contributed by atoms with van der Waals surface area (Å²) in [6, 6.07) is 1.82. The number of rotatable bonds is 4. The van der Waals surface area contributed by atoms with Crippen molar-refractivity contribution in [3.8, 4) is 0 Å². The highest BCUT2D eigenvalue weighted by atomic mass is 35.5. The third-order valence-electron chi connectivity index (χ3n) is 4.09. The first kappa shape index (κ1) is 15.1. The number of carboxylic acid groups (broad SMARTS) is 1. The predicted molar refractivity (Wildman–Crippen MR) is 80.4 cm³/mol. The van der Waals surface area contributed by atoms with E-state index in [1.54, 1.807) is 0 Å². The van der Waals surface area contributed by atoms with Crippen LogP contribution < -0.4 is 5.32 Å². The fraction of sp³-hybridized carbons (Fsp3) is 0.600. The number of anilines is 1. The van der Waals surface area contributed by atoms with E-state index in [1.807, 2.05) is 0 Å². The Morgan fingerprint density at radius 2 is 2.15 bits per heavy atom. The van der Waals surface area contributed by atoms with Gasteiger partial charge in [-0.1, -0.05) is 38.3 Å². The fourth-order valence-corrected chi connectivity index (χ4v) is 3.19. The number of halogens is 1. The Hall–Kier alpha value is -1.29. The van der Waals surface area contributed by atoms with Gasteiger partial charge in [0, 0.05) is 12.2 Å². The molecular formula is C15H21ClN2O2. The van der Waals surface area contributed by atoms with Crippen molar-refractivity contribution >= 4 is 23.4 Å². The maximum absolute atomic E-state index is 10.9. The third kappa shape index (κ3) is 3.42. The molecule has 2 rings (SSSR count). The minimum atomic E-state index is -1.01. The highest BCUT2D eigenvalue weighted by molar-refractivity contribution is 6.33. The van der Waals surface area contributed by atoms with Crippen molar-refractivity contribution in [1.29, 1.82) is 0 Å². The van der Waals surface area contributed by atoms with E-state index >= 15 is 0 Å². The number of pyridine rings is 1. The molecule has 4 nitrogen and oxygen atoms in total. The molecule has 1 aromatic heterocycles. The molecule has 1 saturated carbocycles. The van der Waals surface area contributed by atoms with Crippen LogP contribution in [0.25, 0.3) is 0 Å². The first-order valence-corrected chi connectivity index (χ1v) is 7.52. The number of carbonyl (C=O) groups is 1. The summed E-state index contributed by atoms with van der Waals surface area (Å²) in [5.41, 5.74) is 0.115. The van der Waals surface area contributed by atoms with Crippen LogP contribution in [0.3, 0.4) is 0 Å². The van der Waals surface area contributed by atoms with Gasteiger partial charge in [0.25, 0.3) is 0 Å². The molecule has 0 bridgehead atoms. The Balaban J connectivity index is 2.14. The van der Waals surface area contributed by atoms with Gasteiger partial charge in [-0.15, -0.1) is 0 Å². The normalized spacial score (nSPS) is 22.8. The maximum Gasteiger partial charge on any atom is 0.337 e.